The Morgan fingerprint density at radius 2 is 1.94 bits per heavy atom. The summed E-state index contributed by atoms with van der Waals surface area (Å²) in [6, 6.07) is 2.51. The van der Waals surface area contributed by atoms with Crippen LogP contribution in [0.2, 0.25) is 0 Å². The number of hydrogen-bond acceptors (Lipinski definition) is 6. The molecule has 98 valence electrons. The van der Waals surface area contributed by atoms with E-state index in [1.807, 2.05) is 0 Å². The van der Waals surface area contributed by atoms with Crippen molar-refractivity contribution in [3.8, 4) is 11.5 Å². The maximum absolute atomic E-state index is 10.9. The molecule has 0 saturated carbocycles. The van der Waals surface area contributed by atoms with E-state index in [-0.39, 0.29) is 29.4 Å². The lowest BCUT2D eigenvalue weighted by Crippen LogP contribution is -2.13. The zero-order chi connectivity index (χ0) is 13.7. The molecule has 0 radical (unpaired) electrons. The van der Waals surface area contributed by atoms with Gasteiger partial charge in [-0.25, -0.2) is 9.59 Å². The van der Waals surface area contributed by atoms with Gasteiger partial charge in [-0.05, 0) is 0 Å². The number of nitrogens with two attached hydrogens (primary N) is 1. The highest BCUT2D eigenvalue weighted by atomic mass is 16.6. The van der Waals surface area contributed by atoms with Gasteiger partial charge in [-0.15, -0.1) is 0 Å². The summed E-state index contributed by atoms with van der Waals surface area (Å²) in [5, 5.41) is 8.91. The zero-order valence-corrected chi connectivity index (χ0v) is 9.93. The number of methoxy groups -OCH3 is 2. The van der Waals surface area contributed by atoms with Crippen molar-refractivity contribution in [3.05, 3.63) is 17.7 Å². The molecule has 7 heteroatoms. The Morgan fingerprint density at radius 3 is 2.44 bits per heavy atom. The predicted octanol–water partition coefficient (Wildman–Crippen LogP) is 0.527. The smallest absolute Gasteiger partial charge is 0.343 e. The number of anilines is 1. The number of carboxylic acids is 1. The minimum absolute atomic E-state index is 0.0461. The number of aromatic carboxylic acids is 1. The molecular formula is C11H13NO6. The van der Waals surface area contributed by atoms with Gasteiger partial charge in [-0.1, -0.05) is 0 Å². The number of carbonyl (C=O) groups excluding carboxylic acids is 1. The fraction of sp³-hybridized carbons (Fsp3) is 0.273. The first-order valence-electron chi connectivity index (χ1n) is 4.90. The molecule has 1 aromatic carbocycles. The van der Waals surface area contributed by atoms with Crippen LogP contribution in [0, 0.1) is 0 Å². The molecule has 0 heterocycles. The molecule has 0 amide bonds. The number of esters is 1. The first-order chi connectivity index (χ1) is 8.49. The van der Waals surface area contributed by atoms with Crippen LogP contribution in [0.25, 0.3) is 0 Å². The van der Waals surface area contributed by atoms with E-state index >= 15 is 0 Å². The maximum Gasteiger partial charge on any atom is 0.343 e. The third-order valence-corrected chi connectivity index (χ3v) is 2.14. The molecule has 0 spiro atoms. The molecule has 1 rings (SSSR count). The Morgan fingerprint density at radius 1 is 1.28 bits per heavy atom. The summed E-state index contributed by atoms with van der Waals surface area (Å²) < 4.78 is 14.5. The van der Waals surface area contributed by atoms with Crippen molar-refractivity contribution >= 4 is 17.6 Å². The van der Waals surface area contributed by atoms with Gasteiger partial charge in [-0.3, -0.25) is 0 Å². The van der Waals surface area contributed by atoms with Gasteiger partial charge in [-0.2, -0.15) is 0 Å². The van der Waals surface area contributed by atoms with Crippen molar-refractivity contribution in [2.45, 2.75) is 0 Å². The van der Waals surface area contributed by atoms with E-state index in [9.17, 15) is 9.59 Å². The minimum Gasteiger partial charge on any atom is -0.493 e. The minimum atomic E-state index is -1.20. The Balaban J connectivity index is 3.04. The number of ether oxygens (including phenoxy) is 3. The van der Waals surface area contributed by atoms with Gasteiger partial charge in [0.15, 0.2) is 18.1 Å². The third kappa shape index (κ3) is 3.03. The summed E-state index contributed by atoms with van der Waals surface area (Å²) in [6.45, 7) is -0.351. The van der Waals surface area contributed by atoms with Gasteiger partial charge >= 0.3 is 11.9 Å². The van der Waals surface area contributed by atoms with Crippen LogP contribution in [-0.2, 0) is 9.53 Å². The van der Waals surface area contributed by atoms with Crippen molar-refractivity contribution in [2.75, 3.05) is 26.6 Å². The standard InChI is InChI=1S/C11H13NO6/c1-16-8-4-7(12)6(11(14)15)3-9(8)18-5-10(13)17-2/h3-4H,5,12H2,1-2H3,(H,14,15). The second-order valence-electron chi connectivity index (χ2n) is 3.26. The average Bonchev–Trinajstić information content (AvgIpc) is 2.35. The van der Waals surface area contributed by atoms with Crippen LogP contribution in [0.4, 0.5) is 5.69 Å². The van der Waals surface area contributed by atoms with Crippen LogP contribution in [-0.4, -0.2) is 37.9 Å². The van der Waals surface area contributed by atoms with E-state index < -0.39 is 11.9 Å². The van der Waals surface area contributed by atoms with Gasteiger partial charge < -0.3 is 25.1 Å². The molecule has 0 fully saturated rings. The van der Waals surface area contributed by atoms with Crippen LogP contribution in [0.1, 0.15) is 10.4 Å². The summed E-state index contributed by atoms with van der Waals surface area (Å²) in [5.74, 6) is -1.44. The van der Waals surface area contributed by atoms with Gasteiger partial charge in [0.25, 0.3) is 0 Å². The Labute approximate surface area is 103 Å². The average molecular weight is 255 g/mol. The zero-order valence-electron chi connectivity index (χ0n) is 9.93. The number of carbonyl (C=O) groups is 2. The topological polar surface area (TPSA) is 108 Å². The largest absolute Gasteiger partial charge is 0.493 e. The van der Waals surface area contributed by atoms with E-state index in [1.165, 1.54) is 26.4 Å². The highest BCUT2D eigenvalue weighted by Gasteiger charge is 2.15. The maximum atomic E-state index is 10.9. The van der Waals surface area contributed by atoms with Crippen LogP contribution in [0.5, 0.6) is 11.5 Å². The SMILES string of the molecule is COC(=O)COc1cc(C(=O)O)c(N)cc1OC. The van der Waals surface area contributed by atoms with Crippen LogP contribution >= 0.6 is 0 Å². The van der Waals surface area contributed by atoms with Gasteiger partial charge in [0.05, 0.1) is 25.5 Å². The number of benzene rings is 1. The fourth-order valence-corrected chi connectivity index (χ4v) is 1.23. The lowest BCUT2D eigenvalue weighted by Gasteiger charge is -2.12. The molecule has 1 aromatic rings. The van der Waals surface area contributed by atoms with Crippen molar-refractivity contribution in [1.29, 1.82) is 0 Å². The Kier molecular flexibility index (Phi) is 4.36. The van der Waals surface area contributed by atoms with Gasteiger partial charge in [0, 0.05) is 12.1 Å². The summed E-state index contributed by atoms with van der Waals surface area (Å²) >= 11 is 0. The fourth-order valence-electron chi connectivity index (χ4n) is 1.23. The van der Waals surface area contributed by atoms with Crippen molar-refractivity contribution in [3.63, 3.8) is 0 Å². The summed E-state index contributed by atoms with van der Waals surface area (Å²) in [6.07, 6.45) is 0. The molecule has 0 aromatic heterocycles. The molecule has 0 aliphatic carbocycles. The second-order valence-corrected chi connectivity index (χ2v) is 3.26. The molecule has 3 N–H and O–H groups in total. The normalized spacial score (nSPS) is 9.67. The first-order valence-corrected chi connectivity index (χ1v) is 4.90. The van der Waals surface area contributed by atoms with Crippen LogP contribution in [0.15, 0.2) is 12.1 Å². The van der Waals surface area contributed by atoms with Crippen molar-refractivity contribution in [2.24, 2.45) is 0 Å². The van der Waals surface area contributed by atoms with E-state index in [1.54, 1.807) is 0 Å². The van der Waals surface area contributed by atoms with Crippen LogP contribution in [0.3, 0.4) is 0 Å². The van der Waals surface area contributed by atoms with E-state index in [0.717, 1.165) is 0 Å². The molecule has 0 aliphatic heterocycles. The third-order valence-electron chi connectivity index (χ3n) is 2.14. The lowest BCUT2D eigenvalue weighted by molar-refractivity contribution is -0.142. The van der Waals surface area contributed by atoms with Crippen LogP contribution < -0.4 is 15.2 Å². The first kappa shape index (κ1) is 13.6. The summed E-state index contributed by atoms with van der Waals surface area (Å²) in [5.41, 5.74) is 5.46. The summed E-state index contributed by atoms with van der Waals surface area (Å²) in [4.78, 5) is 21.8. The summed E-state index contributed by atoms with van der Waals surface area (Å²) in [7, 11) is 2.59. The molecule has 0 unspecified atom stereocenters. The quantitative estimate of drug-likeness (QED) is 0.583. The highest BCUT2D eigenvalue weighted by Crippen LogP contribution is 2.32. The Hall–Kier alpha value is -2.44. The van der Waals surface area contributed by atoms with Gasteiger partial charge in [0.2, 0.25) is 0 Å². The molecule has 18 heavy (non-hydrogen) atoms. The molecule has 7 nitrogen and oxygen atoms in total. The number of nitrogen functional groups attached to an aromatic ring is 1. The number of hydrogen-bond donors (Lipinski definition) is 2. The lowest BCUT2D eigenvalue weighted by atomic mass is 10.1. The van der Waals surface area contributed by atoms with Crippen molar-refractivity contribution < 1.29 is 28.9 Å². The van der Waals surface area contributed by atoms with Crippen molar-refractivity contribution in [1.82, 2.24) is 0 Å². The van der Waals surface area contributed by atoms with E-state index in [0.29, 0.717) is 0 Å². The molecular weight excluding hydrogens is 242 g/mol. The predicted molar refractivity (Wildman–Crippen MR) is 61.9 cm³/mol. The Bertz CT molecular complexity index is 471. The molecule has 0 bridgehead atoms. The molecule has 0 atom stereocenters. The van der Waals surface area contributed by atoms with Gasteiger partial charge in [0.1, 0.15) is 0 Å². The molecule has 0 aliphatic rings. The molecule has 0 saturated heterocycles. The van der Waals surface area contributed by atoms with E-state index in [4.69, 9.17) is 20.3 Å². The number of rotatable bonds is 5. The monoisotopic (exact) mass is 255 g/mol. The second kappa shape index (κ2) is 5.76. The highest BCUT2D eigenvalue weighted by molar-refractivity contribution is 5.94. The van der Waals surface area contributed by atoms with E-state index in [2.05, 4.69) is 4.74 Å². The number of carboxylic acid groups (broad SMARTS) is 1.